The summed E-state index contributed by atoms with van der Waals surface area (Å²) in [6.07, 6.45) is 2.05. The highest BCUT2D eigenvalue weighted by molar-refractivity contribution is 5.77. The second-order valence-corrected chi connectivity index (χ2v) is 6.42. The van der Waals surface area contributed by atoms with E-state index in [1.165, 1.54) is 0 Å². The summed E-state index contributed by atoms with van der Waals surface area (Å²) in [5.41, 5.74) is 1.07. The Balaban J connectivity index is 1.79. The number of aliphatic carboxylic acids is 1. The number of benzene rings is 1. The zero-order valence-electron chi connectivity index (χ0n) is 14.4. The standard InChI is InChI=1S/C19H22N2O4/c1-19(2,18(23)24)11-14-6-8-15(9-7-14)12-21-16(22)13-25-17-5-3-4-10-20-17/h3-10H,11-13H2,1-2H3,(H,21,22)(H,23,24). The lowest BCUT2D eigenvalue weighted by molar-refractivity contribution is -0.146. The van der Waals surface area contributed by atoms with Crippen LogP contribution >= 0.6 is 0 Å². The molecule has 6 heteroatoms. The molecule has 1 amide bonds. The molecule has 0 aliphatic carbocycles. The Hall–Kier alpha value is -2.89. The molecule has 1 heterocycles. The molecule has 132 valence electrons. The molecule has 2 aromatic rings. The van der Waals surface area contributed by atoms with Crippen LogP contribution in [0, 0.1) is 5.41 Å². The lowest BCUT2D eigenvalue weighted by atomic mass is 9.86. The van der Waals surface area contributed by atoms with Crippen molar-refractivity contribution < 1.29 is 19.4 Å². The monoisotopic (exact) mass is 342 g/mol. The van der Waals surface area contributed by atoms with Gasteiger partial charge >= 0.3 is 5.97 Å². The van der Waals surface area contributed by atoms with E-state index in [2.05, 4.69) is 10.3 Å². The number of nitrogens with one attached hydrogen (secondary N) is 1. The molecule has 2 rings (SSSR count). The molecule has 25 heavy (non-hydrogen) atoms. The van der Waals surface area contributed by atoms with Gasteiger partial charge in [0.1, 0.15) is 0 Å². The van der Waals surface area contributed by atoms with Crippen molar-refractivity contribution in [1.82, 2.24) is 10.3 Å². The highest BCUT2D eigenvalue weighted by atomic mass is 16.5. The zero-order valence-corrected chi connectivity index (χ0v) is 14.4. The number of nitrogens with zero attached hydrogens (tertiary/aromatic N) is 1. The van der Waals surface area contributed by atoms with Crippen molar-refractivity contribution in [3.05, 3.63) is 59.8 Å². The van der Waals surface area contributed by atoms with E-state index in [0.29, 0.717) is 18.8 Å². The Kier molecular flexibility index (Phi) is 6.11. The SMILES string of the molecule is CC(C)(Cc1ccc(CNC(=O)COc2ccccn2)cc1)C(=O)O. The third-order valence-electron chi connectivity index (χ3n) is 3.73. The molecule has 6 nitrogen and oxygen atoms in total. The molecule has 0 saturated heterocycles. The van der Waals surface area contributed by atoms with Crippen molar-refractivity contribution >= 4 is 11.9 Å². The number of carboxylic acids is 1. The minimum atomic E-state index is -0.822. The number of hydrogen-bond acceptors (Lipinski definition) is 4. The van der Waals surface area contributed by atoms with Crippen molar-refractivity contribution in [2.45, 2.75) is 26.8 Å². The van der Waals surface area contributed by atoms with Crippen molar-refractivity contribution in [3.8, 4) is 5.88 Å². The highest BCUT2D eigenvalue weighted by Gasteiger charge is 2.27. The molecule has 0 aliphatic rings. The topological polar surface area (TPSA) is 88.5 Å². The van der Waals surface area contributed by atoms with Crippen LogP contribution in [0.4, 0.5) is 0 Å². The van der Waals surface area contributed by atoms with Gasteiger partial charge < -0.3 is 15.2 Å². The van der Waals surface area contributed by atoms with Crippen molar-refractivity contribution in [2.24, 2.45) is 5.41 Å². The lowest BCUT2D eigenvalue weighted by Gasteiger charge is -2.19. The first-order chi connectivity index (χ1) is 11.9. The lowest BCUT2D eigenvalue weighted by Crippen LogP contribution is -2.28. The van der Waals surface area contributed by atoms with Crippen LogP contribution in [0.5, 0.6) is 5.88 Å². The summed E-state index contributed by atoms with van der Waals surface area (Å²) in [7, 11) is 0. The molecule has 0 radical (unpaired) electrons. The Morgan fingerprint density at radius 2 is 1.80 bits per heavy atom. The number of amides is 1. The van der Waals surface area contributed by atoms with Crippen LogP contribution in [-0.4, -0.2) is 28.6 Å². The molecule has 0 spiro atoms. The molecule has 1 aromatic carbocycles. The van der Waals surface area contributed by atoms with Crippen molar-refractivity contribution in [1.29, 1.82) is 0 Å². The van der Waals surface area contributed by atoms with Gasteiger partial charge in [-0.1, -0.05) is 30.3 Å². The fourth-order valence-electron chi connectivity index (χ4n) is 2.18. The minimum absolute atomic E-state index is 0.0953. The Morgan fingerprint density at radius 1 is 1.12 bits per heavy atom. The number of aromatic nitrogens is 1. The van der Waals surface area contributed by atoms with Crippen molar-refractivity contribution in [3.63, 3.8) is 0 Å². The second kappa shape index (κ2) is 8.28. The highest BCUT2D eigenvalue weighted by Crippen LogP contribution is 2.22. The molecular formula is C19H22N2O4. The summed E-state index contributed by atoms with van der Waals surface area (Å²) >= 11 is 0. The van der Waals surface area contributed by atoms with Gasteiger partial charge in [0.05, 0.1) is 5.41 Å². The van der Waals surface area contributed by atoms with Crippen LogP contribution in [-0.2, 0) is 22.6 Å². The minimum Gasteiger partial charge on any atom is -0.481 e. The maximum absolute atomic E-state index is 11.8. The van der Waals surface area contributed by atoms with Crippen LogP contribution < -0.4 is 10.1 Å². The Bertz CT molecular complexity index is 712. The summed E-state index contributed by atoms with van der Waals surface area (Å²) < 4.78 is 5.27. The Labute approximate surface area is 146 Å². The molecular weight excluding hydrogens is 320 g/mol. The van der Waals surface area contributed by atoms with Crippen LogP contribution in [0.3, 0.4) is 0 Å². The van der Waals surface area contributed by atoms with Crippen LogP contribution in [0.1, 0.15) is 25.0 Å². The van der Waals surface area contributed by atoms with Crippen LogP contribution in [0.25, 0.3) is 0 Å². The van der Waals surface area contributed by atoms with E-state index < -0.39 is 11.4 Å². The van der Waals surface area contributed by atoms with Gasteiger partial charge in [0.2, 0.25) is 5.88 Å². The van der Waals surface area contributed by atoms with Gasteiger partial charge in [0, 0.05) is 18.8 Å². The third-order valence-corrected chi connectivity index (χ3v) is 3.73. The van der Waals surface area contributed by atoms with Gasteiger partial charge in [0.25, 0.3) is 5.91 Å². The second-order valence-electron chi connectivity index (χ2n) is 6.42. The largest absolute Gasteiger partial charge is 0.481 e. The molecule has 1 aromatic heterocycles. The van der Waals surface area contributed by atoms with Gasteiger partial charge in [-0.25, -0.2) is 4.98 Å². The van der Waals surface area contributed by atoms with E-state index in [4.69, 9.17) is 4.74 Å². The van der Waals surface area contributed by atoms with E-state index in [1.54, 1.807) is 38.2 Å². The number of hydrogen-bond donors (Lipinski definition) is 2. The van der Waals surface area contributed by atoms with Gasteiger partial charge in [-0.15, -0.1) is 0 Å². The fraction of sp³-hybridized carbons (Fsp3) is 0.316. The van der Waals surface area contributed by atoms with Crippen LogP contribution in [0.2, 0.25) is 0 Å². The zero-order chi connectivity index (χ0) is 18.3. The van der Waals surface area contributed by atoms with Gasteiger partial charge in [0.15, 0.2) is 6.61 Å². The number of carbonyl (C=O) groups excluding carboxylic acids is 1. The molecule has 0 bridgehead atoms. The van der Waals surface area contributed by atoms with E-state index in [-0.39, 0.29) is 12.5 Å². The van der Waals surface area contributed by atoms with E-state index >= 15 is 0 Å². The van der Waals surface area contributed by atoms with Gasteiger partial charge in [-0.3, -0.25) is 9.59 Å². The summed E-state index contributed by atoms with van der Waals surface area (Å²) in [5.74, 6) is -0.651. The van der Waals surface area contributed by atoms with Crippen LogP contribution in [0.15, 0.2) is 48.7 Å². The summed E-state index contributed by atoms with van der Waals surface area (Å²) in [6.45, 7) is 3.69. The normalized spacial score (nSPS) is 11.0. The first-order valence-corrected chi connectivity index (χ1v) is 7.98. The molecule has 0 atom stereocenters. The van der Waals surface area contributed by atoms with Gasteiger partial charge in [-0.2, -0.15) is 0 Å². The summed E-state index contributed by atoms with van der Waals surface area (Å²) in [4.78, 5) is 26.9. The number of ether oxygens (including phenoxy) is 1. The number of carboxylic acid groups (broad SMARTS) is 1. The van der Waals surface area contributed by atoms with Crippen molar-refractivity contribution in [2.75, 3.05) is 6.61 Å². The predicted molar refractivity (Wildman–Crippen MR) is 93.1 cm³/mol. The molecule has 0 aliphatic heterocycles. The van der Waals surface area contributed by atoms with Gasteiger partial charge in [-0.05, 0) is 37.5 Å². The Morgan fingerprint density at radius 3 is 2.40 bits per heavy atom. The summed E-state index contributed by atoms with van der Waals surface area (Å²) in [6, 6.07) is 12.8. The molecule has 2 N–H and O–H groups in total. The molecule has 0 fully saturated rings. The predicted octanol–water partition coefficient (Wildman–Crippen LogP) is 2.43. The quantitative estimate of drug-likeness (QED) is 0.769. The number of pyridine rings is 1. The average molecular weight is 342 g/mol. The fourth-order valence-corrected chi connectivity index (χ4v) is 2.18. The van der Waals surface area contributed by atoms with E-state index in [0.717, 1.165) is 11.1 Å². The molecule has 0 unspecified atom stereocenters. The smallest absolute Gasteiger partial charge is 0.309 e. The number of carbonyl (C=O) groups is 2. The third kappa shape index (κ3) is 5.91. The first kappa shape index (κ1) is 18.4. The average Bonchev–Trinajstić information content (AvgIpc) is 2.60. The molecule has 0 saturated carbocycles. The van der Waals surface area contributed by atoms with E-state index in [1.807, 2.05) is 24.3 Å². The first-order valence-electron chi connectivity index (χ1n) is 7.98. The maximum atomic E-state index is 11.8. The maximum Gasteiger partial charge on any atom is 0.309 e. The number of rotatable bonds is 8. The van der Waals surface area contributed by atoms with E-state index in [9.17, 15) is 14.7 Å². The summed E-state index contributed by atoms with van der Waals surface area (Å²) in [5, 5.41) is 11.9.